The summed E-state index contributed by atoms with van der Waals surface area (Å²) < 4.78 is 0. The van der Waals surface area contributed by atoms with Crippen molar-refractivity contribution in [1.82, 2.24) is 4.90 Å². The molecule has 1 aliphatic carbocycles. The summed E-state index contributed by atoms with van der Waals surface area (Å²) in [6.45, 7) is 5.44. The summed E-state index contributed by atoms with van der Waals surface area (Å²) >= 11 is 0. The number of piperidine rings is 1. The van der Waals surface area contributed by atoms with E-state index >= 15 is 0 Å². The first-order chi connectivity index (χ1) is 9.71. The third-order valence-electron chi connectivity index (χ3n) is 5.22. The molecule has 0 aromatic heterocycles. The van der Waals surface area contributed by atoms with Crippen LogP contribution in [0, 0.1) is 0 Å². The van der Waals surface area contributed by atoms with Gasteiger partial charge in [0.1, 0.15) is 0 Å². The summed E-state index contributed by atoms with van der Waals surface area (Å²) in [5, 5.41) is 11.0. The topological polar surface area (TPSA) is 23.5 Å². The first-order valence-corrected chi connectivity index (χ1v) is 8.26. The van der Waals surface area contributed by atoms with Crippen LogP contribution in [-0.2, 0) is 5.60 Å². The minimum atomic E-state index is -0.593. The van der Waals surface area contributed by atoms with Crippen molar-refractivity contribution in [2.24, 2.45) is 0 Å². The minimum Gasteiger partial charge on any atom is -0.385 e. The molecule has 1 aromatic carbocycles. The van der Waals surface area contributed by atoms with E-state index in [1.54, 1.807) is 0 Å². The Bertz CT molecular complexity index is 444. The van der Waals surface area contributed by atoms with E-state index in [1.807, 2.05) is 0 Å². The van der Waals surface area contributed by atoms with Gasteiger partial charge in [-0.3, -0.25) is 0 Å². The normalized spacial score (nSPS) is 23.5. The van der Waals surface area contributed by atoms with Crippen molar-refractivity contribution < 1.29 is 5.11 Å². The lowest BCUT2D eigenvalue weighted by atomic mass is 9.77. The molecule has 0 amide bonds. The third kappa shape index (κ3) is 2.77. The van der Waals surface area contributed by atoms with Crippen LogP contribution in [-0.4, -0.2) is 29.6 Å². The molecule has 2 heteroatoms. The minimum absolute atomic E-state index is 0.593. The Labute approximate surface area is 122 Å². The molecule has 110 valence electrons. The molecule has 2 aliphatic rings. The Hall–Kier alpha value is -0.860. The van der Waals surface area contributed by atoms with Crippen LogP contribution in [0.5, 0.6) is 0 Å². The zero-order valence-corrected chi connectivity index (χ0v) is 12.6. The highest BCUT2D eigenvalue weighted by atomic mass is 16.3. The molecule has 1 saturated carbocycles. The average molecular weight is 273 g/mol. The second-order valence-corrected chi connectivity index (χ2v) is 6.63. The molecular weight excluding hydrogens is 246 g/mol. The lowest BCUT2D eigenvalue weighted by Gasteiger charge is -2.39. The Balaban J connectivity index is 1.71. The van der Waals surface area contributed by atoms with Crippen LogP contribution in [0.2, 0.25) is 0 Å². The molecule has 1 aromatic rings. The van der Waals surface area contributed by atoms with Crippen LogP contribution in [0.15, 0.2) is 24.3 Å². The lowest BCUT2D eigenvalue weighted by molar-refractivity contribution is -0.0258. The van der Waals surface area contributed by atoms with Gasteiger partial charge in [0.2, 0.25) is 0 Å². The molecule has 2 fully saturated rings. The number of hydrogen-bond acceptors (Lipinski definition) is 2. The monoisotopic (exact) mass is 273 g/mol. The van der Waals surface area contributed by atoms with E-state index in [9.17, 15) is 5.11 Å². The van der Waals surface area contributed by atoms with E-state index in [1.165, 1.54) is 31.2 Å². The van der Waals surface area contributed by atoms with E-state index in [0.29, 0.717) is 0 Å². The molecule has 1 heterocycles. The van der Waals surface area contributed by atoms with Crippen molar-refractivity contribution in [3.8, 4) is 0 Å². The fourth-order valence-electron chi connectivity index (χ4n) is 3.58. The number of nitrogens with zero attached hydrogens (tertiary/aromatic N) is 1. The van der Waals surface area contributed by atoms with E-state index in [-0.39, 0.29) is 0 Å². The number of rotatable bonds is 4. The molecule has 0 bridgehead atoms. The van der Waals surface area contributed by atoms with Crippen LogP contribution >= 0.6 is 0 Å². The molecule has 0 spiro atoms. The van der Waals surface area contributed by atoms with E-state index in [0.717, 1.165) is 44.0 Å². The summed E-state index contributed by atoms with van der Waals surface area (Å²) in [6.07, 6.45) is 6.97. The Morgan fingerprint density at radius 3 is 2.60 bits per heavy atom. The van der Waals surface area contributed by atoms with E-state index in [4.69, 9.17) is 0 Å². The van der Waals surface area contributed by atoms with Crippen LogP contribution < -0.4 is 0 Å². The lowest BCUT2D eigenvalue weighted by Crippen LogP contribution is -2.42. The fraction of sp³-hybridized carbons (Fsp3) is 0.667. The van der Waals surface area contributed by atoms with Gasteiger partial charge in [0.05, 0.1) is 5.60 Å². The molecule has 0 atom stereocenters. The predicted octanol–water partition coefficient (Wildman–Crippen LogP) is 3.65. The molecule has 20 heavy (non-hydrogen) atoms. The van der Waals surface area contributed by atoms with Gasteiger partial charge < -0.3 is 10.0 Å². The van der Waals surface area contributed by atoms with Crippen molar-refractivity contribution in [3.05, 3.63) is 35.4 Å². The highest BCUT2D eigenvalue weighted by molar-refractivity contribution is 5.31. The van der Waals surface area contributed by atoms with Crippen LogP contribution in [0.25, 0.3) is 0 Å². The molecule has 0 unspecified atom stereocenters. The smallest absolute Gasteiger partial charge is 0.0921 e. The van der Waals surface area contributed by atoms with Gasteiger partial charge in [-0.25, -0.2) is 0 Å². The van der Waals surface area contributed by atoms with Crippen molar-refractivity contribution >= 4 is 0 Å². The maximum Gasteiger partial charge on any atom is 0.0921 e. The molecule has 3 rings (SSSR count). The molecule has 1 N–H and O–H groups in total. The maximum atomic E-state index is 11.0. The van der Waals surface area contributed by atoms with Gasteiger partial charge >= 0.3 is 0 Å². The quantitative estimate of drug-likeness (QED) is 0.905. The number of aliphatic hydroxyl groups is 1. The fourth-order valence-corrected chi connectivity index (χ4v) is 3.58. The standard InChI is InChI=1S/C18H27NO/c1-2-11-19-12-9-18(20,10-13-19)17-8-4-7-16(14-17)15-5-3-6-15/h4,7-8,14-15,20H,2-3,5-6,9-13H2,1H3. The van der Waals surface area contributed by atoms with Crippen LogP contribution in [0.1, 0.15) is 62.5 Å². The van der Waals surface area contributed by atoms with Crippen molar-refractivity contribution in [2.45, 2.75) is 57.0 Å². The van der Waals surface area contributed by atoms with Crippen LogP contribution in [0.3, 0.4) is 0 Å². The summed E-state index contributed by atoms with van der Waals surface area (Å²) in [5.41, 5.74) is 2.00. The molecule has 1 saturated heterocycles. The van der Waals surface area contributed by atoms with Crippen molar-refractivity contribution in [3.63, 3.8) is 0 Å². The highest BCUT2D eigenvalue weighted by Crippen LogP contribution is 2.39. The largest absolute Gasteiger partial charge is 0.385 e. The summed E-state index contributed by atoms with van der Waals surface area (Å²) in [6, 6.07) is 8.78. The van der Waals surface area contributed by atoms with Gasteiger partial charge in [0.25, 0.3) is 0 Å². The van der Waals surface area contributed by atoms with Gasteiger partial charge in [-0.15, -0.1) is 0 Å². The van der Waals surface area contributed by atoms with Gasteiger partial charge in [-0.2, -0.15) is 0 Å². The van der Waals surface area contributed by atoms with Crippen LogP contribution in [0.4, 0.5) is 0 Å². The second-order valence-electron chi connectivity index (χ2n) is 6.63. The average Bonchev–Trinajstić information content (AvgIpc) is 2.40. The summed E-state index contributed by atoms with van der Waals surface area (Å²) in [5.74, 6) is 0.749. The molecule has 2 nitrogen and oxygen atoms in total. The molecule has 0 radical (unpaired) electrons. The summed E-state index contributed by atoms with van der Waals surface area (Å²) in [7, 11) is 0. The molecular formula is C18H27NO. The Kier molecular flexibility index (Phi) is 4.13. The number of likely N-dealkylation sites (tertiary alicyclic amines) is 1. The van der Waals surface area contributed by atoms with Gasteiger partial charge in [-0.05, 0) is 55.7 Å². The number of hydrogen-bond donors (Lipinski definition) is 1. The predicted molar refractivity (Wildman–Crippen MR) is 82.9 cm³/mol. The zero-order chi connectivity index (χ0) is 14.0. The van der Waals surface area contributed by atoms with Crippen molar-refractivity contribution in [1.29, 1.82) is 0 Å². The van der Waals surface area contributed by atoms with Gasteiger partial charge in [0.15, 0.2) is 0 Å². The third-order valence-corrected chi connectivity index (χ3v) is 5.22. The first kappa shape index (κ1) is 14.1. The summed E-state index contributed by atoms with van der Waals surface area (Å²) in [4.78, 5) is 2.48. The number of benzene rings is 1. The Morgan fingerprint density at radius 2 is 2.00 bits per heavy atom. The zero-order valence-electron chi connectivity index (χ0n) is 12.6. The SMILES string of the molecule is CCCN1CCC(O)(c2cccc(C3CCC3)c2)CC1. The second kappa shape index (κ2) is 5.87. The molecule has 1 aliphatic heterocycles. The van der Waals surface area contributed by atoms with E-state index < -0.39 is 5.60 Å². The van der Waals surface area contributed by atoms with Crippen molar-refractivity contribution in [2.75, 3.05) is 19.6 Å². The van der Waals surface area contributed by atoms with Gasteiger partial charge in [0, 0.05) is 13.1 Å². The van der Waals surface area contributed by atoms with Gasteiger partial charge in [-0.1, -0.05) is 37.6 Å². The first-order valence-electron chi connectivity index (χ1n) is 8.26. The maximum absolute atomic E-state index is 11.0. The highest BCUT2D eigenvalue weighted by Gasteiger charge is 2.34. The van der Waals surface area contributed by atoms with E-state index in [2.05, 4.69) is 36.1 Å². The Morgan fingerprint density at radius 1 is 1.25 bits per heavy atom.